The minimum atomic E-state index is -0.906. The van der Waals surface area contributed by atoms with Crippen molar-refractivity contribution in [3.63, 3.8) is 0 Å². The average Bonchev–Trinajstić information content (AvgIpc) is 1.93. The Labute approximate surface area is 57.7 Å². The van der Waals surface area contributed by atoms with Crippen molar-refractivity contribution < 1.29 is 14.4 Å². The van der Waals surface area contributed by atoms with Crippen LogP contribution in [0.4, 0.5) is 0 Å². The molecule has 0 heterocycles. The normalized spacial score (nSPS) is 20.0. The zero-order valence-electron chi connectivity index (χ0n) is 5.35. The molecule has 0 spiro atoms. The molecule has 0 aliphatic heterocycles. The third kappa shape index (κ3) is 0.900. The number of allylic oxidation sites excluding steroid dienone is 1. The van der Waals surface area contributed by atoms with Gasteiger partial charge < -0.3 is 0 Å². The quantitative estimate of drug-likeness (QED) is 0.351. The lowest BCUT2D eigenvalue weighted by atomic mass is 9.93. The molecule has 52 valence electrons. The molecule has 3 nitrogen and oxygen atoms in total. The molecule has 0 radical (unpaired) electrons. The molecule has 0 N–H and O–H groups in total. The van der Waals surface area contributed by atoms with Crippen molar-refractivity contribution in [2.45, 2.75) is 12.8 Å². The van der Waals surface area contributed by atoms with Gasteiger partial charge in [-0.15, -0.1) is 0 Å². The van der Waals surface area contributed by atoms with E-state index in [2.05, 4.69) is 6.58 Å². The summed E-state index contributed by atoms with van der Waals surface area (Å²) in [5, 5.41) is 0. The van der Waals surface area contributed by atoms with Crippen molar-refractivity contribution in [2.24, 2.45) is 0 Å². The van der Waals surface area contributed by atoms with Crippen LogP contribution in [0.25, 0.3) is 0 Å². The van der Waals surface area contributed by atoms with E-state index in [0.717, 1.165) is 0 Å². The van der Waals surface area contributed by atoms with Crippen LogP contribution in [0.1, 0.15) is 12.8 Å². The van der Waals surface area contributed by atoms with Gasteiger partial charge >= 0.3 is 0 Å². The van der Waals surface area contributed by atoms with E-state index in [1.54, 1.807) is 0 Å². The van der Waals surface area contributed by atoms with E-state index in [0.29, 0.717) is 6.42 Å². The molecule has 0 aromatic carbocycles. The summed E-state index contributed by atoms with van der Waals surface area (Å²) in [5.74, 6) is -2.20. The SMILES string of the molecule is C=C1CCC(=O)C(=O)C1=O. The van der Waals surface area contributed by atoms with Gasteiger partial charge in [0.25, 0.3) is 5.78 Å². The van der Waals surface area contributed by atoms with Crippen LogP contribution < -0.4 is 0 Å². The van der Waals surface area contributed by atoms with Crippen LogP contribution in [0, 0.1) is 0 Å². The summed E-state index contributed by atoms with van der Waals surface area (Å²) >= 11 is 0. The summed E-state index contributed by atoms with van der Waals surface area (Å²) in [7, 11) is 0. The van der Waals surface area contributed by atoms with Crippen molar-refractivity contribution in [2.75, 3.05) is 0 Å². The lowest BCUT2D eigenvalue weighted by Gasteiger charge is -2.07. The summed E-state index contributed by atoms with van der Waals surface area (Å²) in [6.45, 7) is 3.36. The number of carbonyl (C=O) groups excluding carboxylic acids is 3. The first kappa shape index (κ1) is 6.86. The number of rotatable bonds is 0. The summed E-state index contributed by atoms with van der Waals surface area (Å²) in [4.78, 5) is 31.8. The summed E-state index contributed by atoms with van der Waals surface area (Å²) in [6, 6.07) is 0. The van der Waals surface area contributed by atoms with E-state index in [9.17, 15) is 14.4 Å². The van der Waals surface area contributed by atoms with Gasteiger partial charge in [-0.25, -0.2) is 0 Å². The number of ketones is 3. The smallest absolute Gasteiger partial charge is 0.268 e. The molecule has 0 amide bonds. The minimum Gasteiger partial charge on any atom is -0.290 e. The van der Waals surface area contributed by atoms with Crippen LogP contribution in [0.5, 0.6) is 0 Å². The van der Waals surface area contributed by atoms with Gasteiger partial charge in [-0.2, -0.15) is 0 Å². The van der Waals surface area contributed by atoms with E-state index in [1.165, 1.54) is 0 Å². The van der Waals surface area contributed by atoms with Crippen molar-refractivity contribution in [3.8, 4) is 0 Å². The minimum absolute atomic E-state index is 0.142. The highest BCUT2D eigenvalue weighted by Gasteiger charge is 2.29. The summed E-state index contributed by atoms with van der Waals surface area (Å²) in [6.07, 6.45) is 0.479. The molecule has 0 saturated heterocycles. The fourth-order valence-electron chi connectivity index (χ4n) is 0.779. The van der Waals surface area contributed by atoms with Crippen molar-refractivity contribution in [3.05, 3.63) is 12.2 Å². The Kier molecular flexibility index (Phi) is 1.49. The molecule has 0 aromatic heterocycles. The van der Waals surface area contributed by atoms with Crippen LogP contribution in [0.15, 0.2) is 12.2 Å². The molecule has 1 fully saturated rings. The van der Waals surface area contributed by atoms with E-state index >= 15 is 0 Å². The largest absolute Gasteiger partial charge is 0.290 e. The molecule has 1 aliphatic rings. The molecule has 1 saturated carbocycles. The Morgan fingerprint density at radius 3 is 2.10 bits per heavy atom. The molecule has 0 unspecified atom stereocenters. The van der Waals surface area contributed by atoms with E-state index in [1.807, 2.05) is 0 Å². The second-order valence-corrected chi connectivity index (χ2v) is 2.18. The van der Waals surface area contributed by atoms with Crippen LogP contribution in [-0.4, -0.2) is 17.3 Å². The highest BCUT2D eigenvalue weighted by Crippen LogP contribution is 2.12. The topological polar surface area (TPSA) is 51.2 Å². The fourth-order valence-corrected chi connectivity index (χ4v) is 0.779. The summed E-state index contributed by atoms with van der Waals surface area (Å²) in [5.41, 5.74) is 0.254. The molecule has 0 aromatic rings. The first-order chi connectivity index (χ1) is 4.63. The average molecular weight is 138 g/mol. The molecule has 0 atom stereocenters. The highest BCUT2D eigenvalue weighted by atomic mass is 16.2. The van der Waals surface area contributed by atoms with Gasteiger partial charge in [-0.05, 0) is 12.0 Å². The lowest BCUT2D eigenvalue weighted by molar-refractivity contribution is -0.143. The molecule has 1 rings (SSSR count). The second-order valence-electron chi connectivity index (χ2n) is 2.18. The van der Waals surface area contributed by atoms with Gasteiger partial charge in [0.15, 0.2) is 0 Å². The maximum Gasteiger partial charge on any atom is 0.268 e. The Bertz CT molecular complexity index is 211. The number of Topliss-reactive ketones (excluding diaryl/α,β-unsaturated/α-hetero) is 3. The van der Waals surface area contributed by atoms with Crippen LogP contribution in [0.3, 0.4) is 0 Å². The second kappa shape index (κ2) is 2.17. The standard InChI is InChI=1S/C7H6O3/c1-4-2-3-5(8)7(10)6(4)9/h1-3H2. The number of carbonyl (C=O) groups is 3. The van der Waals surface area contributed by atoms with E-state index in [-0.39, 0.29) is 12.0 Å². The predicted octanol–water partition coefficient (Wildman–Crippen LogP) is 0.0437. The zero-order valence-corrected chi connectivity index (χ0v) is 5.35. The Hall–Kier alpha value is -1.25. The van der Waals surface area contributed by atoms with Gasteiger partial charge in [0.05, 0.1) is 0 Å². The first-order valence-electron chi connectivity index (χ1n) is 2.92. The van der Waals surface area contributed by atoms with Crippen LogP contribution in [0.2, 0.25) is 0 Å². The predicted molar refractivity (Wildman–Crippen MR) is 33.4 cm³/mol. The molecule has 1 aliphatic carbocycles. The van der Waals surface area contributed by atoms with Crippen molar-refractivity contribution in [1.82, 2.24) is 0 Å². The van der Waals surface area contributed by atoms with Gasteiger partial charge in [-0.1, -0.05) is 6.58 Å². The molecular formula is C7H6O3. The van der Waals surface area contributed by atoms with Gasteiger partial charge in [0, 0.05) is 6.42 Å². The number of hydrogen-bond donors (Lipinski definition) is 0. The van der Waals surface area contributed by atoms with E-state index in [4.69, 9.17) is 0 Å². The van der Waals surface area contributed by atoms with Crippen LogP contribution >= 0.6 is 0 Å². The van der Waals surface area contributed by atoms with Gasteiger partial charge in [-0.3, -0.25) is 14.4 Å². The lowest BCUT2D eigenvalue weighted by Crippen LogP contribution is -2.29. The Morgan fingerprint density at radius 1 is 1.00 bits per heavy atom. The van der Waals surface area contributed by atoms with E-state index < -0.39 is 17.3 Å². The van der Waals surface area contributed by atoms with Crippen LogP contribution in [-0.2, 0) is 14.4 Å². The Morgan fingerprint density at radius 2 is 1.60 bits per heavy atom. The third-order valence-corrected chi connectivity index (χ3v) is 1.43. The molecule has 3 heteroatoms. The van der Waals surface area contributed by atoms with Gasteiger partial charge in [0.1, 0.15) is 0 Å². The monoisotopic (exact) mass is 138 g/mol. The molecule has 10 heavy (non-hydrogen) atoms. The number of hydrogen-bond acceptors (Lipinski definition) is 3. The first-order valence-corrected chi connectivity index (χ1v) is 2.92. The maximum absolute atomic E-state index is 10.7. The summed E-state index contributed by atoms with van der Waals surface area (Å²) < 4.78 is 0. The third-order valence-electron chi connectivity index (χ3n) is 1.43. The fraction of sp³-hybridized carbons (Fsp3) is 0.286. The highest BCUT2D eigenvalue weighted by molar-refractivity contribution is 6.68. The van der Waals surface area contributed by atoms with Crippen molar-refractivity contribution >= 4 is 17.3 Å². The zero-order chi connectivity index (χ0) is 7.72. The molecule has 0 bridgehead atoms. The van der Waals surface area contributed by atoms with Gasteiger partial charge in [0.2, 0.25) is 11.6 Å². The maximum atomic E-state index is 10.7. The Balaban J connectivity index is 2.90. The van der Waals surface area contributed by atoms with Crippen molar-refractivity contribution in [1.29, 1.82) is 0 Å². The molecular weight excluding hydrogens is 132 g/mol.